The second kappa shape index (κ2) is 8.32. The molecule has 0 saturated heterocycles. The summed E-state index contributed by atoms with van der Waals surface area (Å²) in [5.41, 5.74) is 10.6. The minimum Gasteiger partial charge on any atom is -0.489 e. The maximum Gasteiger partial charge on any atom is 0.293 e. The summed E-state index contributed by atoms with van der Waals surface area (Å²) in [6.45, 7) is -0.0927. The van der Waals surface area contributed by atoms with Crippen molar-refractivity contribution in [3.05, 3.63) is 59.7 Å². The fourth-order valence-corrected chi connectivity index (χ4v) is 3.20. The first-order chi connectivity index (χ1) is 15.0. The standard InChI is InChI=1S/C20H21N7O4/c1-27-15-8-12(21)13(25-22)9-16(15)30-10-14(20(27)29)23-19(28)18-24-17(31-26-18)7-11-5-3-2-4-6-11/h2-6,8-9,14,25H,7,10,21-22H2,1H3,(H,23,28). The topological polar surface area (TPSA) is 162 Å². The molecule has 4 rings (SSSR count). The molecular formula is C20H21N7O4. The van der Waals surface area contributed by atoms with E-state index in [9.17, 15) is 9.59 Å². The summed E-state index contributed by atoms with van der Waals surface area (Å²) in [4.78, 5) is 31.0. The molecule has 2 amide bonds. The van der Waals surface area contributed by atoms with Crippen LogP contribution >= 0.6 is 0 Å². The van der Waals surface area contributed by atoms with E-state index < -0.39 is 11.9 Å². The van der Waals surface area contributed by atoms with Gasteiger partial charge >= 0.3 is 0 Å². The first-order valence-electron chi connectivity index (χ1n) is 9.44. The first kappa shape index (κ1) is 20.2. The molecule has 0 bridgehead atoms. The number of hydrogen-bond acceptors (Lipinski definition) is 9. The second-order valence-corrected chi connectivity index (χ2v) is 6.96. The van der Waals surface area contributed by atoms with Crippen LogP contribution in [-0.4, -0.2) is 41.7 Å². The quantitative estimate of drug-likeness (QED) is 0.263. The summed E-state index contributed by atoms with van der Waals surface area (Å²) in [7, 11) is 1.57. The fraction of sp³-hybridized carbons (Fsp3) is 0.200. The van der Waals surface area contributed by atoms with E-state index in [1.54, 1.807) is 19.2 Å². The number of likely N-dealkylation sites (N-methyl/N-ethyl adjacent to an activating group) is 1. The van der Waals surface area contributed by atoms with Crippen LogP contribution in [-0.2, 0) is 11.2 Å². The van der Waals surface area contributed by atoms with Crippen LogP contribution in [0.4, 0.5) is 17.1 Å². The van der Waals surface area contributed by atoms with Gasteiger partial charge in [-0.25, -0.2) is 0 Å². The van der Waals surface area contributed by atoms with E-state index in [0.29, 0.717) is 35.1 Å². The SMILES string of the molecule is CN1C(=O)C(NC(=O)c2noc(Cc3ccccc3)n2)COc2cc(NN)c(N)cc21. The number of nitrogens with zero attached hydrogens (tertiary/aromatic N) is 3. The molecule has 31 heavy (non-hydrogen) atoms. The lowest BCUT2D eigenvalue weighted by Crippen LogP contribution is -2.49. The van der Waals surface area contributed by atoms with Gasteiger partial charge in [0.1, 0.15) is 18.4 Å². The van der Waals surface area contributed by atoms with Crippen molar-refractivity contribution >= 4 is 28.9 Å². The van der Waals surface area contributed by atoms with E-state index in [1.165, 1.54) is 4.90 Å². The first-order valence-corrected chi connectivity index (χ1v) is 9.44. The number of hydrazine groups is 1. The Kier molecular flexibility index (Phi) is 5.41. The third-order valence-corrected chi connectivity index (χ3v) is 4.86. The molecule has 1 aliphatic rings. The van der Waals surface area contributed by atoms with Gasteiger partial charge < -0.3 is 30.6 Å². The maximum atomic E-state index is 12.9. The molecule has 0 spiro atoms. The van der Waals surface area contributed by atoms with Crippen molar-refractivity contribution in [2.75, 3.05) is 29.7 Å². The van der Waals surface area contributed by atoms with Crippen LogP contribution < -0.4 is 32.0 Å². The van der Waals surface area contributed by atoms with E-state index in [1.807, 2.05) is 30.3 Å². The van der Waals surface area contributed by atoms with Crippen LogP contribution in [0.15, 0.2) is 47.0 Å². The Morgan fingerprint density at radius 2 is 2.06 bits per heavy atom. The van der Waals surface area contributed by atoms with Gasteiger partial charge in [-0.2, -0.15) is 4.98 Å². The van der Waals surface area contributed by atoms with Gasteiger partial charge in [-0.3, -0.25) is 15.4 Å². The largest absolute Gasteiger partial charge is 0.489 e. The van der Waals surface area contributed by atoms with Crippen molar-refractivity contribution in [2.45, 2.75) is 12.5 Å². The predicted octanol–water partition coefficient (Wildman–Crippen LogP) is 0.682. The fourth-order valence-electron chi connectivity index (χ4n) is 3.20. The molecule has 0 aliphatic carbocycles. The molecule has 160 valence electrons. The lowest BCUT2D eigenvalue weighted by atomic mass is 10.1. The van der Waals surface area contributed by atoms with Crippen LogP contribution in [0.25, 0.3) is 0 Å². The van der Waals surface area contributed by atoms with Gasteiger partial charge in [0, 0.05) is 13.1 Å². The van der Waals surface area contributed by atoms with Crippen LogP contribution in [0.2, 0.25) is 0 Å². The van der Waals surface area contributed by atoms with Gasteiger partial charge in [0.25, 0.3) is 17.6 Å². The Bertz CT molecular complexity index is 1120. The number of rotatable bonds is 5. The number of anilines is 3. The summed E-state index contributed by atoms with van der Waals surface area (Å²) in [6.07, 6.45) is 0.392. The Morgan fingerprint density at radius 3 is 2.81 bits per heavy atom. The number of hydrogen-bond donors (Lipinski definition) is 4. The third-order valence-electron chi connectivity index (χ3n) is 4.86. The van der Waals surface area contributed by atoms with Crippen molar-refractivity contribution in [3.63, 3.8) is 0 Å². The van der Waals surface area contributed by atoms with Crippen molar-refractivity contribution in [1.82, 2.24) is 15.5 Å². The second-order valence-electron chi connectivity index (χ2n) is 6.96. The Labute approximate surface area is 177 Å². The Balaban J connectivity index is 1.47. The number of benzene rings is 2. The normalized spacial score (nSPS) is 15.6. The van der Waals surface area contributed by atoms with Crippen molar-refractivity contribution < 1.29 is 18.8 Å². The van der Waals surface area contributed by atoms with Crippen molar-refractivity contribution in [3.8, 4) is 5.75 Å². The molecule has 3 aromatic rings. The molecule has 0 saturated carbocycles. The highest BCUT2D eigenvalue weighted by Gasteiger charge is 2.32. The molecule has 2 aromatic carbocycles. The zero-order valence-electron chi connectivity index (χ0n) is 16.7. The number of nitrogens with two attached hydrogens (primary N) is 2. The highest BCUT2D eigenvalue weighted by Crippen LogP contribution is 2.36. The Morgan fingerprint density at radius 1 is 1.29 bits per heavy atom. The molecule has 1 atom stereocenters. The highest BCUT2D eigenvalue weighted by molar-refractivity contribution is 6.03. The van der Waals surface area contributed by atoms with E-state index in [-0.39, 0.29) is 18.3 Å². The molecule has 11 nitrogen and oxygen atoms in total. The van der Waals surface area contributed by atoms with Gasteiger partial charge in [-0.15, -0.1) is 0 Å². The lowest BCUT2D eigenvalue weighted by Gasteiger charge is -2.20. The smallest absolute Gasteiger partial charge is 0.293 e. The Hall–Kier alpha value is -4.12. The molecule has 2 heterocycles. The van der Waals surface area contributed by atoms with Crippen LogP contribution in [0.3, 0.4) is 0 Å². The van der Waals surface area contributed by atoms with Crippen molar-refractivity contribution in [2.24, 2.45) is 5.84 Å². The minimum absolute atomic E-state index is 0.0927. The van der Waals surface area contributed by atoms with Crippen LogP contribution in [0, 0.1) is 0 Å². The number of fused-ring (bicyclic) bond motifs is 1. The van der Waals surface area contributed by atoms with Gasteiger partial charge in [0.15, 0.2) is 0 Å². The molecular weight excluding hydrogens is 402 g/mol. The zero-order valence-corrected chi connectivity index (χ0v) is 16.7. The van der Waals surface area contributed by atoms with Crippen molar-refractivity contribution in [1.29, 1.82) is 0 Å². The third kappa shape index (κ3) is 4.12. The van der Waals surface area contributed by atoms with Gasteiger partial charge in [-0.1, -0.05) is 35.5 Å². The summed E-state index contributed by atoms with van der Waals surface area (Å²) >= 11 is 0. The van der Waals surface area contributed by atoms with E-state index in [4.69, 9.17) is 20.8 Å². The maximum absolute atomic E-state index is 12.9. The van der Waals surface area contributed by atoms with Crippen LogP contribution in [0.1, 0.15) is 22.1 Å². The van der Waals surface area contributed by atoms with Gasteiger partial charge in [0.05, 0.1) is 23.5 Å². The molecule has 1 aromatic heterocycles. The minimum atomic E-state index is -0.962. The number of carbonyl (C=O) groups is 2. The number of ether oxygens (including phenoxy) is 1. The highest BCUT2D eigenvalue weighted by atomic mass is 16.5. The average Bonchev–Trinajstić information content (AvgIpc) is 3.21. The average molecular weight is 423 g/mol. The number of amides is 2. The lowest BCUT2D eigenvalue weighted by molar-refractivity contribution is -0.120. The number of aromatic nitrogens is 2. The summed E-state index contributed by atoms with van der Waals surface area (Å²) in [6, 6.07) is 11.7. The molecule has 1 unspecified atom stereocenters. The van der Waals surface area contributed by atoms with E-state index in [2.05, 4.69) is 20.9 Å². The molecule has 1 aliphatic heterocycles. The summed E-state index contributed by atoms with van der Waals surface area (Å²) in [5, 5.41) is 6.32. The van der Waals surface area contributed by atoms with E-state index >= 15 is 0 Å². The number of nitrogens with one attached hydrogen (secondary N) is 2. The van der Waals surface area contributed by atoms with Gasteiger partial charge in [-0.05, 0) is 11.6 Å². The monoisotopic (exact) mass is 423 g/mol. The summed E-state index contributed by atoms with van der Waals surface area (Å²) < 4.78 is 10.9. The van der Waals surface area contributed by atoms with Crippen LogP contribution in [0.5, 0.6) is 5.75 Å². The summed E-state index contributed by atoms with van der Waals surface area (Å²) in [5.74, 6) is 4.95. The molecule has 0 radical (unpaired) electrons. The zero-order chi connectivity index (χ0) is 22.0. The molecule has 11 heteroatoms. The van der Waals surface area contributed by atoms with E-state index in [0.717, 1.165) is 5.56 Å². The number of carbonyl (C=O) groups excluding carboxylic acids is 2. The molecule has 6 N–H and O–H groups in total. The molecule has 0 fully saturated rings. The number of nitrogen functional groups attached to an aromatic ring is 2. The van der Waals surface area contributed by atoms with Gasteiger partial charge in [0.2, 0.25) is 5.89 Å². The predicted molar refractivity (Wildman–Crippen MR) is 112 cm³/mol.